The lowest BCUT2D eigenvalue weighted by Crippen LogP contribution is -2.28. The van der Waals surface area contributed by atoms with E-state index in [0.29, 0.717) is 5.56 Å². The maximum Gasteiger partial charge on any atom is 0.314 e. The van der Waals surface area contributed by atoms with Gasteiger partial charge in [-0.3, -0.25) is 4.79 Å². The van der Waals surface area contributed by atoms with Crippen LogP contribution in [0.3, 0.4) is 0 Å². The minimum Gasteiger partial charge on any atom is -0.481 e. The highest BCUT2D eigenvalue weighted by molar-refractivity contribution is 7.92. The third-order valence-corrected chi connectivity index (χ3v) is 7.22. The normalized spacial score (nSPS) is 25.0. The predicted octanol–water partition coefficient (Wildman–Crippen LogP) is 2.79. The number of carboxylic acids is 1. The van der Waals surface area contributed by atoms with Gasteiger partial charge in [0.05, 0.1) is 16.8 Å². The molecular weight excluding hydrogens is 359 g/mol. The molecule has 0 unspecified atom stereocenters. The summed E-state index contributed by atoms with van der Waals surface area (Å²) in [5.74, 6) is -2.70. The van der Waals surface area contributed by atoms with Gasteiger partial charge in [-0.25, -0.2) is 12.8 Å². The van der Waals surface area contributed by atoms with Crippen molar-refractivity contribution in [3.8, 4) is 0 Å². The average Bonchev–Trinajstić information content (AvgIpc) is 3.27. The summed E-state index contributed by atoms with van der Waals surface area (Å²) in [7, 11) is -2.63. The van der Waals surface area contributed by atoms with Crippen molar-refractivity contribution in [2.24, 2.45) is 5.41 Å². The molecule has 1 fully saturated rings. The fourth-order valence-corrected chi connectivity index (χ4v) is 5.99. The predicted molar refractivity (Wildman–Crippen MR) is 93.2 cm³/mol. The molecular formula is C19H19FO5S. The minimum absolute atomic E-state index is 0.0498. The summed E-state index contributed by atoms with van der Waals surface area (Å²) in [6.07, 6.45) is 0. The standard InChI is InChI=1S/C19H19FO5S/c1-12-6-8-15(9-7-12)26(23,24)17-16(13-4-3-5-14(20)10-13)19(17,11-25-2)18(21)22/h3-10,16-17H,11H2,1-2H3,(H,21,22)/t16-,17+,19-/m0/s1. The molecule has 2 aromatic rings. The third kappa shape index (κ3) is 2.81. The van der Waals surface area contributed by atoms with Gasteiger partial charge in [0.1, 0.15) is 11.2 Å². The molecule has 3 rings (SSSR count). The molecule has 1 saturated carbocycles. The Labute approximate surface area is 151 Å². The van der Waals surface area contributed by atoms with Crippen LogP contribution in [0.5, 0.6) is 0 Å². The number of rotatable bonds is 6. The summed E-state index contributed by atoms with van der Waals surface area (Å²) in [6.45, 7) is 1.55. The first-order chi connectivity index (χ1) is 12.2. The zero-order valence-electron chi connectivity index (χ0n) is 14.3. The molecule has 3 atom stereocenters. The highest BCUT2D eigenvalue weighted by Crippen LogP contribution is 2.64. The summed E-state index contributed by atoms with van der Waals surface area (Å²) in [5.41, 5.74) is -0.417. The van der Waals surface area contributed by atoms with E-state index in [1.807, 2.05) is 6.92 Å². The first kappa shape index (κ1) is 18.5. The number of aliphatic carboxylic acids is 1. The Kier molecular flexibility index (Phi) is 4.62. The van der Waals surface area contributed by atoms with Gasteiger partial charge in [-0.05, 0) is 36.8 Å². The largest absolute Gasteiger partial charge is 0.481 e. The number of aryl methyl sites for hydroxylation is 1. The highest BCUT2D eigenvalue weighted by Gasteiger charge is 2.76. The van der Waals surface area contributed by atoms with E-state index < -0.39 is 38.2 Å². The summed E-state index contributed by atoms with van der Waals surface area (Å²) in [5, 5.41) is 8.60. The van der Waals surface area contributed by atoms with E-state index in [4.69, 9.17) is 4.74 Å². The van der Waals surface area contributed by atoms with Gasteiger partial charge in [0.25, 0.3) is 0 Å². The van der Waals surface area contributed by atoms with Crippen molar-refractivity contribution in [2.75, 3.05) is 13.7 Å². The van der Waals surface area contributed by atoms with E-state index in [9.17, 15) is 22.7 Å². The van der Waals surface area contributed by atoms with Crippen LogP contribution in [-0.2, 0) is 19.4 Å². The Hall–Kier alpha value is -2.25. The molecule has 138 valence electrons. The van der Waals surface area contributed by atoms with Crippen molar-refractivity contribution in [2.45, 2.75) is 23.0 Å². The van der Waals surface area contributed by atoms with Crippen LogP contribution in [-0.4, -0.2) is 38.5 Å². The summed E-state index contributed by atoms with van der Waals surface area (Å²) in [6, 6.07) is 11.6. The number of ether oxygens (including phenoxy) is 1. The van der Waals surface area contributed by atoms with Crippen molar-refractivity contribution >= 4 is 15.8 Å². The molecule has 0 aliphatic heterocycles. The van der Waals surface area contributed by atoms with Gasteiger partial charge >= 0.3 is 5.97 Å². The van der Waals surface area contributed by atoms with Crippen molar-refractivity contribution in [3.63, 3.8) is 0 Å². The SMILES string of the molecule is COC[C@@]1(C(=O)O)[C@H](S(=O)(=O)c2ccc(C)cc2)[C@@H]1c1cccc(F)c1. The Morgan fingerprint density at radius 2 is 1.88 bits per heavy atom. The lowest BCUT2D eigenvalue weighted by molar-refractivity contribution is -0.145. The third-order valence-electron chi connectivity index (χ3n) is 4.93. The molecule has 1 N–H and O–H groups in total. The number of benzene rings is 2. The van der Waals surface area contributed by atoms with Crippen LogP contribution in [0.25, 0.3) is 0 Å². The topological polar surface area (TPSA) is 80.7 Å². The van der Waals surface area contributed by atoms with Crippen LogP contribution in [0.15, 0.2) is 53.4 Å². The summed E-state index contributed by atoms with van der Waals surface area (Å²) in [4.78, 5) is 12.1. The van der Waals surface area contributed by atoms with E-state index in [0.717, 1.165) is 5.56 Å². The molecule has 0 saturated heterocycles. The monoisotopic (exact) mass is 378 g/mol. The minimum atomic E-state index is -3.95. The number of carboxylic acid groups (broad SMARTS) is 1. The fourth-order valence-electron chi connectivity index (χ4n) is 3.63. The number of hydrogen-bond acceptors (Lipinski definition) is 4. The van der Waals surface area contributed by atoms with Gasteiger partial charge in [-0.15, -0.1) is 0 Å². The van der Waals surface area contributed by atoms with Crippen LogP contribution < -0.4 is 0 Å². The molecule has 0 spiro atoms. The number of carbonyl (C=O) groups is 1. The van der Waals surface area contributed by atoms with Crippen LogP contribution in [0.4, 0.5) is 4.39 Å². The van der Waals surface area contributed by atoms with Crippen molar-refractivity contribution in [1.29, 1.82) is 0 Å². The number of halogens is 1. The summed E-state index contributed by atoms with van der Waals surface area (Å²) < 4.78 is 45.0. The van der Waals surface area contributed by atoms with Crippen LogP contribution in [0.2, 0.25) is 0 Å². The Morgan fingerprint density at radius 1 is 1.23 bits per heavy atom. The maximum atomic E-state index is 13.7. The van der Waals surface area contributed by atoms with E-state index in [1.165, 1.54) is 37.4 Å². The second-order valence-corrected chi connectivity index (χ2v) is 8.66. The van der Waals surface area contributed by atoms with Gasteiger partial charge in [-0.1, -0.05) is 29.8 Å². The van der Waals surface area contributed by atoms with Gasteiger partial charge in [0, 0.05) is 13.0 Å². The van der Waals surface area contributed by atoms with E-state index in [1.54, 1.807) is 18.2 Å². The van der Waals surface area contributed by atoms with E-state index in [2.05, 4.69) is 0 Å². The first-order valence-electron chi connectivity index (χ1n) is 8.03. The molecule has 0 bridgehead atoms. The molecule has 1 aliphatic carbocycles. The zero-order valence-corrected chi connectivity index (χ0v) is 15.2. The second-order valence-electron chi connectivity index (χ2n) is 6.59. The summed E-state index contributed by atoms with van der Waals surface area (Å²) >= 11 is 0. The smallest absolute Gasteiger partial charge is 0.314 e. The van der Waals surface area contributed by atoms with Crippen LogP contribution in [0, 0.1) is 18.2 Å². The molecule has 26 heavy (non-hydrogen) atoms. The number of sulfone groups is 1. The first-order valence-corrected chi connectivity index (χ1v) is 9.58. The quantitative estimate of drug-likeness (QED) is 0.836. The van der Waals surface area contributed by atoms with Crippen molar-refractivity contribution in [3.05, 3.63) is 65.5 Å². The molecule has 0 radical (unpaired) electrons. The van der Waals surface area contributed by atoms with Gasteiger partial charge < -0.3 is 9.84 Å². The molecule has 0 heterocycles. The van der Waals surface area contributed by atoms with Gasteiger partial charge in [0.2, 0.25) is 0 Å². The van der Waals surface area contributed by atoms with Gasteiger partial charge in [-0.2, -0.15) is 0 Å². The van der Waals surface area contributed by atoms with Crippen LogP contribution >= 0.6 is 0 Å². The molecule has 0 amide bonds. The molecule has 0 aromatic heterocycles. The Morgan fingerprint density at radius 3 is 2.42 bits per heavy atom. The molecule has 2 aromatic carbocycles. The van der Waals surface area contributed by atoms with Gasteiger partial charge in [0.15, 0.2) is 9.84 Å². The zero-order chi connectivity index (χ0) is 19.1. The Balaban J connectivity index is 2.13. The molecule has 5 nitrogen and oxygen atoms in total. The lowest BCUT2D eigenvalue weighted by Gasteiger charge is -2.12. The number of methoxy groups -OCH3 is 1. The highest BCUT2D eigenvalue weighted by atomic mass is 32.2. The van der Waals surface area contributed by atoms with E-state index >= 15 is 0 Å². The fraction of sp³-hybridized carbons (Fsp3) is 0.316. The maximum absolute atomic E-state index is 13.7. The lowest BCUT2D eigenvalue weighted by atomic mass is 10.00. The van der Waals surface area contributed by atoms with Crippen molar-refractivity contribution in [1.82, 2.24) is 0 Å². The van der Waals surface area contributed by atoms with Crippen LogP contribution in [0.1, 0.15) is 17.0 Å². The second kappa shape index (κ2) is 6.48. The number of hydrogen-bond donors (Lipinski definition) is 1. The molecule has 7 heteroatoms. The Bertz CT molecular complexity index is 939. The molecule has 1 aliphatic rings. The average molecular weight is 378 g/mol. The van der Waals surface area contributed by atoms with E-state index in [-0.39, 0.29) is 11.5 Å². The van der Waals surface area contributed by atoms with Crippen molar-refractivity contribution < 1.29 is 27.4 Å².